The SMILES string of the molecule is CCCCCCCCCCCCC(OS(=O)(=O)[O-])C(OCC)(OCC)OCC.[Na+]. The summed E-state index contributed by atoms with van der Waals surface area (Å²) in [4.78, 5) is 0. The molecular formula is C20H41NaO7S. The van der Waals surface area contributed by atoms with Crippen molar-refractivity contribution in [1.82, 2.24) is 0 Å². The summed E-state index contributed by atoms with van der Waals surface area (Å²) in [5.41, 5.74) is 0. The molecule has 0 heterocycles. The Morgan fingerprint density at radius 1 is 0.724 bits per heavy atom. The Labute approximate surface area is 200 Å². The summed E-state index contributed by atoms with van der Waals surface area (Å²) in [6.45, 7) is 8.15. The van der Waals surface area contributed by atoms with E-state index in [-0.39, 0.29) is 49.4 Å². The van der Waals surface area contributed by atoms with E-state index in [9.17, 15) is 13.0 Å². The Morgan fingerprint density at radius 2 is 1.10 bits per heavy atom. The first kappa shape index (κ1) is 31.9. The zero-order valence-electron chi connectivity index (χ0n) is 19.2. The molecule has 0 radical (unpaired) electrons. The minimum Gasteiger partial charge on any atom is -0.726 e. The number of hydrogen-bond donors (Lipinski definition) is 0. The Bertz CT molecular complexity index is 443. The average molecular weight is 449 g/mol. The van der Waals surface area contributed by atoms with Gasteiger partial charge in [0.2, 0.25) is 10.4 Å². The molecule has 0 aromatic heterocycles. The first-order chi connectivity index (χ1) is 13.3. The normalized spacial score (nSPS) is 13.3. The molecule has 7 nitrogen and oxygen atoms in total. The van der Waals surface area contributed by atoms with Gasteiger partial charge in [-0.1, -0.05) is 71.1 Å². The van der Waals surface area contributed by atoms with Crippen molar-refractivity contribution in [2.24, 2.45) is 0 Å². The van der Waals surface area contributed by atoms with Gasteiger partial charge in [0.25, 0.3) is 0 Å². The predicted octanol–water partition coefficient (Wildman–Crippen LogP) is 1.91. The summed E-state index contributed by atoms with van der Waals surface area (Å²) in [6, 6.07) is 0. The van der Waals surface area contributed by atoms with Gasteiger partial charge in [0.05, 0.1) is 0 Å². The molecule has 1 unspecified atom stereocenters. The van der Waals surface area contributed by atoms with Crippen LogP contribution in [0.25, 0.3) is 0 Å². The van der Waals surface area contributed by atoms with Crippen LogP contribution >= 0.6 is 0 Å². The molecule has 170 valence electrons. The molecular weight excluding hydrogens is 407 g/mol. The van der Waals surface area contributed by atoms with Gasteiger partial charge in [-0.15, -0.1) is 0 Å². The minimum absolute atomic E-state index is 0. The van der Waals surface area contributed by atoms with Crippen molar-refractivity contribution in [3.05, 3.63) is 0 Å². The number of unbranched alkanes of at least 4 members (excludes halogenated alkanes) is 9. The number of ether oxygens (including phenoxy) is 3. The van der Waals surface area contributed by atoms with E-state index >= 15 is 0 Å². The van der Waals surface area contributed by atoms with Crippen molar-refractivity contribution in [2.75, 3.05) is 19.8 Å². The quantitative estimate of drug-likeness (QED) is 0.0923. The molecule has 1 atom stereocenters. The molecule has 0 spiro atoms. The fourth-order valence-electron chi connectivity index (χ4n) is 3.25. The zero-order chi connectivity index (χ0) is 21.3. The minimum atomic E-state index is -4.91. The first-order valence-electron chi connectivity index (χ1n) is 10.9. The van der Waals surface area contributed by atoms with Gasteiger partial charge < -0.3 is 18.8 Å². The molecule has 0 bridgehead atoms. The second-order valence-corrected chi connectivity index (χ2v) is 7.88. The molecule has 0 saturated carbocycles. The van der Waals surface area contributed by atoms with Crippen LogP contribution in [0, 0.1) is 0 Å². The van der Waals surface area contributed by atoms with Crippen molar-refractivity contribution in [2.45, 2.75) is 110 Å². The van der Waals surface area contributed by atoms with Crippen LogP contribution in [0.1, 0.15) is 98.3 Å². The van der Waals surface area contributed by atoms with E-state index in [0.29, 0.717) is 12.8 Å². The van der Waals surface area contributed by atoms with Crippen LogP contribution in [-0.2, 0) is 28.8 Å². The van der Waals surface area contributed by atoms with E-state index in [1.807, 2.05) is 0 Å². The van der Waals surface area contributed by atoms with Gasteiger partial charge in [0.15, 0.2) is 6.10 Å². The van der Waals surface area contributed by atoms with Crippen molar-refractivity contribution in [3.8, 4) is 0 Å². The smallest absolute Gasteiger partial charge is 0.726 e. The summed E-state index contributed by atoms with van der Waals surface area (Å²) in [6.07, 6.45) is 10.7. The molecule has 9 heteroatoms. The Kier molecular flexibility index (Phi) is 21.4. The van der Waals surface area contributed by atoms with Crippen molar-refractivity contribution in [1.29, 1.82) is 0 Å². The predicted molar refractivity (Wildman–Crippen MR) is 109 cm³/mol. The molecule has 0 N–H and O–H groups in total. The maximum atomic E-state index is 11.2. The molecule has 0 aliphatic carbocycles. The summed E-state index contributed by atoms with van der Waals surface area (Å²) >= 11 is 0. The topological polar surface area (TPSA) is 94.1 Å². The first-order valence-corrected chi connectivity index (χ1v) is 12.2. The van der Waals surface area contributed by atoms with E-state index in [1.54, 1.807) is 20.8 Å². The van der Waals surface area contributed by atoms with Gasteiger partial charge in [-0.2, -0.15) is 0 Å². The van der Waals surface area contributed by atoms with Crippen LogP contribution in [0.4, 0.5) is 0 Å². The molecule has 0 aromatic carbocycles. The fraction of sp³-hybridized carbons (Fsp3) is 1.00. The van der Waals surface area contributed by atoms with E-state index in [2.05, 4.69) is 6.92 Å². The van der Waals surface area contributed by atoms with Crippen molar-refractivity contribution in [3.63, 3.8) is 0 Å². The summed E-state index contributed by atoms with van der Waals surface area (Å²) in [5, 5.41) is 0. The largest absolute Gasteiger partial charge is 1.00 e. The van der Waals surface area contributed by atoms with Gasteiger partial charge in [-0.3, -0.25) is 4.18 Å². The molecule has 29 heavy (non-hydrogen) atoms. The number of rotatable bonds is 20. The molecule has 0 amide bonds. The Balaban J connectivity index is 0. The van der Waals surface area contributed by atoms with E-state index in [1.165, 1.54) is 38.5 Å². The van der Waals surface area contributed by atoms with E-state index < -0.39 is 22.5 Å². The van der Waals surface area contributed by atoms with Crippen LogP contribution in [-0.4, -0.2) is 44.9 Å². The Hall–Kier alpha value is 0.750. The summed E-state index contributed by atoms with van der Waals surface area (Å²) < 4.78 is 55.3. The van der Waals surface area contributed by atoms with Gasteiger partial charge in [0, 0.05) is 19.8 Å². The van der Waals surface area contributed by atoms with Crippen LogP contribution in [0.3, 0.4) is 0 Å². The van der Waals surface area contributed by atoms with Gasteiger partial charge in [-0.25, -0.2) is 8.42 Å². The molecule has 0 aliphatic rings. The van der Waals surface area contributed by atoms with Gasteiger partial charge in [0.1, 0.15) is 0 Å². The van der Waals surface area contributed by atoms with Gasteiger partial charge >= 0.3 is 35.5 Å². The van der Waals surface area contributed by atoms with Crippen LogP contribution in [0.15, 0.2) is 0 Å². The third-order valence-corrected chi connectivity index (χ3v) is 4.95. The third kappa shape index (κ3) is 16.1. The monoisotopic (exact) mass is 448 g/mol. The standard InChI is InChI=1S/C20H42O7S.Na/c1-5-9-10-11-12-13-14-15-16-17-18-19(27-28(21,22)23)20(24-6-2,25-7-3)26-8-4;/h19H,5-18H2,1-4H3,(H,21,22,23);/q;+1/p-1. The molecule has 0 rings (SSSR count). The summed E-state index contributed by atoms with van der Waals surface area (Å²) in [5.74, 6) is -1.69. The second kappa shape index (κ2) is 19.4. The molecule has 0 saturated heterocycles. The zero-order valence-corrected chi connectivity index (χ0v) is 22.1. The maximum absolute atomic E-state index is 11.2. The van der Waals surface area contributed by atoms with E-state index in [0.717, 1.165) is 19.3 Å². The van der Waals surface area contributed by atoms with Crippen LogP contribution in [0.2, 0.25) is 0 Å². The molecule has 0 aliphatic heterocycles. The number of hydrogen-bond acceptors (Lipinski definition) is 7. The molecule has 0 aromatic rings. The van der Waals surface area contributed by atoms with Crippen LogP contribution in [0.5, 0.6) is 0 Å². The van der Waals surface area contributed by atoms with Crippen molar-refractivity contribution >= 4 is 10.4 Å². The fourth-order valence-corrected chi connectivity index (χ4v) is 3.75. The van der Waals surface area contributed by atoms with Crippen molar-refractivity contribution < 1.29 is 60.9 Å². The van der Waals surface area contributed by atoms with E-state index in [4.69, 9.17) is 18.4 Å². The average Bonchev–Trinajstić information content (AvgIpc) is 2.62. The van der Waals surface area contributed by atoms with Crippen LogP contribution < -0.4 is 29.6 Å². The second-order valence-electron chi connectivity index (χ2n) is 6.87. The summed E-state index contributed by atoms with van der Waals surface area (Å²) in [7, 11) is -4.91. The third-order valence-electron chi connectivity index (χ3n) is 4.48. The Morgan fingerprint density at radius 3 is 1.45 bits per heavy atom. The maximum Gasteiger partial charge on any atom is 1.00 e. The van der Waals surface area contributed by atoms with Gasteiger partial charge in [-0.05, 0) is 27.2 Å². The molecule has 0 fully saturated rings.